The first-order valence-electron chi connectivity index (χ1n) is 3.68. The zero-order chi connectivity index (χ0) is 9.84. The van der Waals surface area contributed by atoms with E-state index in [1.807, 2.05) is 0 Å². The Kier molecular flexibility index (Phi) is 3.02. The van der Waals surface area contributed by atoms with Gasteiger partial charge in [0.25, 0.3) is 0 Å². The van der Waals surface area contributed by atoms with E-state index in [1.165, 1.54) is 18.3 Å². The number of carbonyl (C=O) groups excluding carboxylic acids is 1. The fourth-order valence-corrected chi connectivity index (χ4v) is 1.64. The Hall–Kier alpha value is -1.36. The van der Waals surface area contributed by atoms with E-state index >= 15 is 0 Å². The molecule has 1 rings (SSSR count). The van der Waals surface area contributed by atoms with Crippen molar-refractivity contribution in [2.75, 3.05) is 0 Å². The molecule has 4 nitrogen and oxygen atoms in total. The standard InChI is InChI=1S/C8H9NO3S/c1-5(9-8(11)12)7(10)6-3-2-4-13-6/h2-5,9H,1H3,(H,11,12). The van der Waals surface area contributed by atoms with E-state index in [2.05, 4.69) is 5.32 Å². The van der Waals surface area contributed by atoms with Gasteiger partial charge in [-0.2, -0.15) is 0 Å². The summed E-state index contributed by atoms with van der Waals surface area (Å²) in [4.78, 5) is 22.2. The highest BCUT2D eigenvalue weighted by atomic mass is 32.1. The molecule has 2 N–H and O–H groups in total. The van der Waals surface area contributed by atoms with Gasteiger partial charge in [-0.25, -0.2) is 4.79 Å². The van der Waals surface area contributed by atoms with Crippen molar-refractivity contribution in [3.63, 3.8) is 0 Å². The van der Waals surface area contributed by atoms with E-state index in [-0.39, 0.29) is 5.78 Å². The average Bonchev–Trinajstić information content (AvgIpc) is 2.53. The predicted octanol–water partition coefficient (Wildman–Crippen LogP) is 1.59. The lowest BCUT2D eigenvalue weighted by Gasteiger charge is -2.07. The van der Waals surface area contributed by atoms with Gasteiger partial charge in [-0.1, -0.05) is 6.07 Å². The Morgan fingerprint density at radius 3 is 2.77 bits per heavy atom. The molecule has 0 saturated heterocycles. The minimum Gasteiger partial charge on any atom is -0.465 e. The van der Waals surface area contributed by atoms with Crippen LogP contribution in [0.15, 0.2) is 17.5 Å². The first-order chi connectivity index (χ1) is 6.11. The number of rotatable bonds is 3. The van der Waals surface area contributed by atoms with Gasteiger partial charge in [0.15, 0.2) is 5.78 Å². The van der Waals surface area contributed by atoms with Crippen molar-refractivity contribution in [1.82, 2.24) is 5.32 Å². The van der Waals surface area contributed by atoms with Gasteiger partial charge in [-0.05, 0) is 18.4 Å². The number of nitrogens with one attached hydrogen (secondary N) is 1. The number of hydrogen-bond acceptors (Lipinski definition) is 3. The number of hydrogen-bond donors (Lipinski definition) is 2. The van der Waals surface area contributed by atoms with Crippen LogP contribution in [0.25, 0.3) is 0 Å². The summed E-state index contributed by atoms with van der Waals surface area (Å²) in [5, 5.41) is 12.3. The second-order valence-electron chi connectivity index (χ2n) is 2.51. The fraction of sp³-hybridized carbons (Fsp3) is 0.250. The number of amides is 1. The lowest BCUT2D eigenvalue weighted by Crippen LogP contribution is -2.37. The summed E-state index contributed by atoms with van der Waals surface area (Å²) in [6.45, 7) is 1.52. The van der Waals surface area contributed by atoms with E-state index < -0.39 is 12.1 Å². The van der Waals surface area contributed by atoms with Crippen LogP contribution < -0.4 is 5.32 Å². The minimum absolute atomic E-state index is 0.197. The summed E-state index contributed by atoms with van der Waals surface area (Å²) in [7, 11) is 0. The second-order valence-corrected chi connectivity index (χ2v) is 3.46. The lowest BCUT2D eigenvalue weighted by molar-refractivity contribution is 0.0949. The zero-order valence-corrected chi connectivity index (χ0v) is 7.80. The van der Waals surface area contributed by atoms with Crippen LogP contribution in [-0.4, -0.2) is 23.0 Å². The number of ketones is 1. The quantitative estimate of drug-likeness (QED) is 0.726. The maximum Gasteiger partial charge on any atom is 0.405 e. The van der Waals surface area contributed by atoms with Crippen molar-refractivity contribution in [3.05, 3.63) is 22.4 Å². The summed E-state index contributed by atoms with van der Waals surface area (Å²) in [6, 6.07) is 2.74. The molecule has 13 heavy (non-hydrogen) atoms. The minimum atomic E-state index is -1.18. The smallest absolute Gasteiger partial charge is 0.405 e. The Morgan fingerprint density at radius 1 is 1.62 bits per heavy atom. The van der Waals surface area contributed by atoms with Gasteiger partial charge in [0.2, 0.25) is 0 Å². The van der Waals surface area contributed by atoms with Crippen molar-refractivity contribution >= 4 is 23.2 Å². The number of thiophene rings is 1. The van der Waals surface area contributed by atoms with Crippen LogP contribution in [0.3, 0.4) is 0 Å². The van der Waals surface area contributed by atoms with Gasteiger partial charge in [-0.15, -0.1) is 11.3 Å². The van der Waals surface area contributed by atoms with Crippen molar-refractivity contribution in [2.45, 2.75) is 13.0 Å². The summed E-state index contributed by atoms with van der Waals surface area (Å²) >= 11 is 1.30. The monoisotopic (exact) mass is 199 g/mol. The normalized spacial score (nSPS) is 12.1. The maximum atomic E-state index is 11.4. The Bertz CT molecular complexity index is 307. The molecule has 0 saturated carbocycles. The van der Waals surface area contributed by atoms with Crippen molar-refractivity contribution < 1.29 is 14.7 Å². The molecule has 0 spiro atoms. The maximum absolute atomic E-state index is 11.4. The highest BCUT2D eigenvalue weighted by Crippen LogP contribution is 2.10. The number of carbonyl (C=O) groups is 2. The highest BCUT2D eigenvalue weighted by molar-refractivity contribution is 7.12. The highest BCUT2D eigenvalue weighted by Gasteiger charge is 2.17. The molecule has 1 amide bonds. The van der Waals surface area contributed by atoms with Crippen LogP contribution in [0.4, 0.5) is 4.79 Å². The molecular weight excluding hydrogens is 190 g/mol. The van der Waals surface area contributed by atoms with E-state index in [0.717, 1.165) is 0 Å². The molecule has 1 heterocycles. The van der Waals surface area contributed by atoms with E-state index in [4.69, 9.17) is 5.11 Å². The molecule has 0 fully saturated rings. The van der Waals surface area contributed by atoms with E-state index in [1.54, 1.807) is 17.5 Å². The molecule has 1 aromatic heterocycles. The fourth-order valence-electron chi connectivity index (χ4n) is 0.883. The third-order valence-electron chi connectivity index (χ3n) is 1.50. The van der Waals surface area contributed by atoms with Crippen LogP contribution >= 0.6 is 11.3 Å². The molecule has 0 aliphatic rings. The van der Waals surface area contributed by atoms with Gasteiger partial charge >= 0.3 is 6.09 Å². The topological polar surface area (TPSA) is 66.4 Å². The predicted molar refractivity (Wildman–Crippen MR) is 49.3 cm³/mol. The SMILES string of the molecule is CC(NC(=O)O)C(=O)c1cccs1. The molecule has 0 bridgehead atoms. The van der Waals surface area contributed by atoms with Crippen LogP contribution in [-0.2, 0) is 0 Å². The molecule has 0 radical (unpaired) electrons. The molecule has 1 aromatic rings. The summed E-state index contributed by atoms with van der Waals surface area (Å²) in [6.07, 6.45) is -1.18. The molecular formula is C8H9NO3S. The Morgan fingerprint density at radius 2 is 2.31 bits per heavy atom. The second kappa shape index (κ2) is 4.04. The van der Waals surface area contributed by atoms with Crippen molar-refractivity contribution in [1.29, 1.82) is 0 Å². The van der Waals surface area contributed by atoms with Crippen molar-refractivity contribution in [3.8, 4) is 0 Å². The molecule has 1 unspecified atom stereocenters. The Balaban J connectivity index is 2.63. The van der Waals surface area contributed by atoms with Gasteiger partial charge in [-0.3, -0.25) is 4.79 Å². The van der Waals surface area contributed by atoms with Crippen molar-refractivity contribution in [2.24, 2.45) is 0 Å². The van der Waals surface area contributed by atoms with Gasteiger partial charge in [0.1, 0.15) is 0 Å². The molecule has 0 aliphatic heterocycles. The van der Waals surface area contributed by atoms with Gasteiger partial charge in [0, 0.05) is 0 Å². The molecule has 0 aromatic carbocycles. The van der Waals surface area contributed by atoms with E-state index in [9.17, 15) is 9.59 Å². The summed E-state index contributed by atoms with van der Waals surface area (Å²) < 4.78 is 0. The van der Waals surface area contributed by atoms with Crippen LogP contribution in [0.5, 0.6) is 0 Å². The summed E-state index contributed by atoms with van der Waals surface area (Å²) in [5.41, 5.74) is 0. The van der Waals surface area contributed by atoms with E-state index in [0.29, 0.717) is 4.88 Å². The zero-order valence-electron chi connectivity index (χ0n) is 6.98. The molecule has 0 aliphatic carbocycles. The molecule has 70 valence electrons. The third kappa shape index (κ3) is 2.55. The third-order valence-corrected chi connectivity index (χ3v) is 2.38. The number of Topliss-reactive ketones (excluding diaryl/α,β-unsaturated/α-hetero) is 1. The molecule has 1 atom stereocenters. The van der Waals surface area contributed by atoms with Gasteiger partial charge in [0.05, 0.1) is 10.9 Å². The number of carboxylic acid groups (broad SMARTS) is 1. The largest absolute Gasteiger partial charge is 0.465 e. The van der Waals surface area contributed by atoms with Gasteiger partial charge < -0.3 is 10.4 Å². The summed E-state index contributed by atoms with van der Waals surface area (Å²) in [5.74, 6) is -0.197. The van der Waals surface area contributed by atoms with Crippen LogP contribution in [0.2, 0.25) is 0 Å². The first kappa shape index (κ1) is 9.73. The average molecular weight is 199 g/mol. The molecule has 5 heteroatoms. The van der Waals surface area contributed by atoms with Crippen LogP contribution in [0.1, 0.15) is 16.6 Å². The lowest BCUT2D eigenvalue weighted by atomic mass is 10.2. The van der Waals surface area contributed by atoms with Crippen LogP contribution in [0, 0.1) is 0 Å². The first-order valence-corrected chi connectivity index (χ1v) is 4.56. The Labute approximate surface area is 79.2 Å².